The van der Waals surface area contributed by atoms with Crippen LogP contribution in [-0.4, -0.2) is 23.2 Å². The van der Waals surface area contributed by atoms with Crippen molar-refractivity contribution < 1.29 is 9.53 Å². The summed E-state index contributed by atoms with van der Waals surface area (Å²) in [5, 5.41) is 8.04. The Morgan fingerprint density at radius 1 is 1.13 bits per heavy atom. The van der Waals surface area contributed by atoms with Crippen LogP contribution in [0, 0.1) is 5.92 Å². The van der Waals surface area contributed by atoms with Gasteiger partial charge in [0, 0.05) is 11.6 Å². The van der Waals surface area contributed by atoms with E-state index in [4.69, 9.17) is 14.8 Å². The van der Waals surface area contributed by atoms with Crippen molar-refractivity contribution in [2.45, 2.75) is 96.9 Å². The number of aromatic nitrogens is 1. The van der Waals surface area contributed by atoms with Gasteiger partial charge in [0.15, 0.2) is 0 Å². The van der Waals surface area contributed by atoms with Gasteiger partial charge in [0.25, 0.3) is 0 Å². The van der Waals surface area contributed by atoms with Crippen LogP contribution < -0.4 is 9.75 Å². The summed E-state index contributed by atoms with van der Waals surface area (Å²) in [6.45, 7) is 8.12. The van der Waals surface area contributed by atoms with E-state index < -0.39 is 5.97 Å². The summed E-state index contributed by atoms with van der Waals surface area (Å²) in [5.41, 5.74) is 3.05. The van der Waals surface area contributed by atoms with E-state index in [1.54, 1.807) is 11.3 Å². The van der Waals surface area contributed by atoms with Crippen molar-refractivity contribution >= 4 is 38.9 Å². The van der Waals surface area contributed by atoms with E-state index in [1.165, 1.54) is 63.0 Å². The van der Waals surface area contributed by atoms with Crippen LogP contribution >= 0.6 is 11.3 Å². The Morgan fingerprint density at radius 3 is 2.62 bits per heavy atom. The van der Waals surface area contributed by atoms with E-state index in [0.717, 1.165) is 52.5 Å². The van der Waals surface area contributed by atoms with Gasteiger partial charge in [0.2, 0.25) is 5.13 Å². The number of carbonyl (C=O) groups excluding carboxylic acids is 1. The van der Waals surface area contributed by atoms with Crippen molar-refractivity contribution in [3.05, 3.63) is 66.2 Å². The number of esters is 1. The number of hydrogen-bond acceptors (Lipinski definition) is 6. The molecule has 0 aliphatic heterocycles. The van der Waals surface area contributed by atoms with Crippen LogP contribution in [0.3, 0.4) is 0 Å². The lowest BCUT2D eigenvalue weighted by molar-refractivity contribution is -0.128. The number of carbonyl (C=O) groups is 1. The molecular formula is C33H43N3O2S. The van der Waals surface area contributed by atoms with Crippen molar-refractivity contribution in [2.75, 3.05) is 5.01 Å². The minimum atomic E-state index is -0.463. The molecule has 208 valence electrons. The molecule has 0 spiro atoms. The number of para-hydroxylation sites is 1. The molecule has 39 heavy (non-hydrogen) atoms. The lowest BCUT2D eigenvalue weighted by Gasteiger charge is -2.30. The summed E-state index contributed by atoms with van der Waals surface area (Å²) >= 11 is 1.68. The molecule has 1 saturated carbocycles. The highest BCUT2D eigenvalue weighted by atomic mass is 32.1. The normalized spacial score (nSPS) is 14.3. The number of benzene rings is 2. The Balaban J connectivity index is 1.59. The number of hydrazone groups is 1. The molecule has 5 nitrogen and oxygen atoms in total. The van der Waals surface area contributed by atoms with Gasteiger partial charge in [0.05, 0.1) is 22.5 Å². The number of thiazole rings is 1. The zero-order valence-corrected chi connectivity index (χ0v) is 24.4. The third kappa shape index (κ3) is 8.25. The summed E-state index contributed by atoms with van der Waals surface area (Å²) in [7, 11) is 0. The van der Waals surface area contributed by atoms with E-state index in [1.807, 2.05) is 18.3 Å². The molecular weight excluding hydrogens is 502 g/mol. The highest BCUT2D eigenvalue weighted by Gasteiger charge is 2.24. The largest absolute Gasteiger partial charge is 0.423 e. The summed E-state index contributed by atoms with van der Waals surface area (Å²) in [5.74, 6) is 0.858. The Bertz CT molecular complexity index is 1210. The van der Waals surface area contributed by atoms with Gasteiger partial charge in [-0.2, -0.15) is 5.10 Å². The molecule has 0 radical (unpaired) electrons. The minimum absolute atomic E-state index is 0.312. The van der Waals surface area contributed by atoms with Crippen LogP contribution in [-0.2, 0) is 11.2 Å². The van der Waals surface area contributed by atoms with E-state index >= 15 is 0 Å². The molecule has 2 aromatic carbocycles. The lowest BCUT2D eigenvalue weighted by Crippen LogP contribution is -2.32. The molecule has 0 atom stereocenters. The van der Waals surface area contributed by atoms with Gasteiger partial charge < -0.3 is 4.74 Å². The van der Waals surface area contributed by atoms with Gasteiger partial charge in [-0.25, -0.2) is 14.8 Å². The fraction of sp³-hybridized carbons (Fsp3) is 0.485. The molecule has 1 aromatic heterocycles. The Labute approximate surface area is 238 Å². The van der Waals surface area contributed by atoms with Gasteiger partial charge in [0.1, 0.15) is 5.75 Å². The fourth-order valence-electron chi connectivity index (χ4n) is 5.65. The number of ether oxygens (including phenoxy) is 1. The number of fused-ring (bicyclic) bond motifs is 1. The summed E-state index contributed by atoms with van der Waals surface area (Å²) in [4.78, 5) is 17.0. The topological polar surface area (TPSA) is 54.8 Å². The van der Waals surface area contributed by atoms with E-state index in [2.05, 4.69) is 55.8 Å². The number of hydrogen-bond donors (Lipinski definition) is 0. The molecule has 6 heteroatoms. The minimum Gasteiger partial charge on any atom is -0.423 e. The zero-order valence-electron chi connectivity index (χ0n) is 23.6. The molecule has 1 fully saturated rings. The second-order valence-corrected chi connectivity index (χ2v) is 11.7. The molecule has 3 aromatic rings. The van der Waals surface area contributed by atoms with Gasteiger partial charge in [-0.1, -0.05) is 101 Å². The SMILES string of the molecule is C=CC(=O)Oc1ccc(CCCC(CCC)CCC)cc1/C=N/N(c1nc2ccccc2s1)C1CCCCC1. The van der Waals surface area contributed by atoms with Gasteiger partial charge in [-0.05, 0) is 61.4 Å². The Kier molecular flexibility index (Phi) is 11.1. The van der Waals surface area contributed by atoms with Crippen molar-refractivity contribution in [2.24, 2.45) is 11.0 Å². The smallest absolute Gasteiger partial charge is 0.335 e. The van der Waals surface area contributed by atoms with Crippen molar-refractivity contribution in [1.82, 2.24) is 4.98 Å². The number of aryl methyl sites for hydroxylation is 1. The Hall–Kier alpha value is -2.99. The van der Waals surface area contributed by atoms with E-state index in [-0.39, 0.29) is 0 Å². The molecule has 4 rings (SSSR count). The third-order valence-corrected chi connectivity index (χ3v) is 8.67. The highest BCUT2D eigenvalue weighted by molar-refractivity contribution is 7.22. The maximum atomic E-state index is 12.1. The third-order valence-electron chi connectivity index (χ3n) is 7.64. The second kappa shape index (κ2) is 15.0. The Morgan fingerprint density at radius 2 is 1.90 bits per heavy atom. The van der Waals surface area contributed by atoms with Crippen LogP contribution in [0.5, 0.6) is 5.75 Å². The van der Waals surface area contributed by atoms with E-state index in [9.17, 15) is 4.79 Å². The quantitative estimate of drug-likeness (QED) is 0.0666. The first kappa shape index (κ1) is 29.0. The number of nitrogens with zero attached hydrogens (tertiary/aromatic N) is 3. The highest BCUT2D eigenvalue weighted by Crippen LogP contribution is 2.34. The van der Waals surface area contributed by atoms with Crippen LogP contribution in [0.15, 0.2) is 60.2 Å². The maximum Gasteiger partial charge on any atom is 0.335 e. The van der Waals surface area contributed by atoms with Crippen LogP contribution in [0.2, 0.25) is 0 Å². The monoisotopic (exact) mass is 545 g/mol. The van der Waals surface area contributed by atoms with Gasteiger partial charge >= 0.3 is 5.97 Å². The first-order chi connectivity index (χ1) is 19.1. The zero-order chi connectivity index (χ0) is 27.5. The molecule has 0 N–H and O–H groups in total. The molecule has 0 saturated heterocycles. The summed E-state index contributed by atoms with van der Waals surface area (Å²) in [6.07, 6.45) is 17.5. The molecule has 0 unspecified atom stereocenters. The van der Waals surface area contributed by atoms with Crippen LogP contribution in [0.1, 0.15) is 95.6 Å². The van der Waals surface area contributed by atoms with Crippen LogP contribution in [0.25, 0.3) is 10.2 Å². The van der Waals surface area contributed by atoms with Gasteiger partial charge in [-0.3, -0.25) is 0 Å². The molecule has 1 heterocycles. The summed E-state index contributed by atoms with van der Waals surface area (Å²) in [6, 6.07) is 14.7. The van der Waals surface area contributed by atoms with Gasteiger partial charge in [-0.15, -0.1) is 0 Å². The van der Waals surface area contributed by atoms with E-state index in [0.29, 0.717) is 11.8 Å². The number of anilines is 1. The maximum absolute atomic E-state index is 12.1. The van der Waals surface area contributed by atoms with Crippen LogP contribution in [0.4, 0.5) is 5.13 Å². The second-order valence-electron chi connectivity index (χ2n) is 10.7. The predicted molar refractivity (Wildman–Crippen MR) is 165 cm³/mol. The molecule has 0 bridgehead atoms. The lowest BCUT2D eigenvalue weighted by atomic mass is 9.91. The average Bonchev–Trinajstić information content (AvgIpc) is 3.39. The predicted octanol–water partition coefficient (Wildman–Crippen LogP) is 9.10. The average molecular weight is 546 g/mol. The molecule has 0 amide bonds. The number of rotatable bonds is 14. The fourth-order valence-corrected chi connectivity index (χ4v) is 6.64. The van der Waals surface area contributed by atoms with Crippen molar-refractivity contribution in [3.63, 3.8) is 0 Å². The van der Waals surface area contributed by atoms with Crippen molar-refractivity contribution in [1.29, 1.82) is 0 Å². The molecule has 1 aliphatic rings. The van der Waals surface area contributed by atoms with Crippen molar-refractivity contribution in [3.8, 4) is 5.75 Å². The first-order valence-corrected chi connectivity index (χ1v) is 15.6. The standard InChI is InChI=1S/C33H43N3O2S/c1-4-13-25(14-5-2)15-12-16-26-21-22-30(38-32(37)6-3)27(23-26)24-34-36(28-17-8-7-9-18-28)33-35-29-19-10-11-20-31(29)39-33/h6,10-11,19-25,28H,3-5,7-9,12-18H2,1-2H3/b34-24+. The first-order valence-electron chi connectivity index (χ1n) is 14.8. The molecule has 1 aliphatic carbocycles. The summed E-state index contributed by atoms with van der Waals surface area (Å²) < 4.78 is 6.77.